The van der Waals surface area contributed by atoms with E-state index in [1.165, 1.54) is 7.11 Å². The van der Waals surface area contributed by atoms with Gasteiger partial charge in [-0.3, -0.25) is 13.7 Å². The van der Waals surface area contributed by atoms with E-state index in [9.17, 15) is 33.5 Å². The summed E-state index contributed by atoms with van der Waals surface area (Å²) in [5.74, 6) is 0. The van der Waals surface area contributed by atoms with Gasteiger partial charge in [-0.05, 0) is 0 Å². The first-order chi connectivity index (χ1) is 10.3. The van der Waals surface area contributed by atoms with E-state index >= 15 is 0 Å². The Morgan fingerprint density at radius 2 is 1.71 bits per heavy atom. The average Bonchev–Trinajstić information content (AvgIpc) is 2.56. The van der Waals surface area contributed by atoms with Crippen LogP contribution in [-0.2, 0) is 36.3 Å². The van der Waals surface area contributed by atoms with Crippen LogP contribution < -0.4 is 44.2 Å². The Kier molecular flexibility index (Phi) is 10.1. The minimum Gasteiger partial charge on any atom is -0.756 e. The fourth-order valence-corrected chi connectivity index (χ4v) is 4.53. The molecule has 0 aromatic heterocycles. The second kappa shape index (κ2) is 9.52. The van der Waals surface area contributed by atoms with Crippen LogP contribution in [0.3, 0.4) is 0 Å². The van der Waals surface area contributed by atoms with E-state index in [1.54, 1.807) is 0 Å². The van der Waals surface area contributed by atoms with Crippen molar-refractivity contribution in [2.24, 2.45) is 0 Å². The Labute approximate surface area is 159 Å². The van der Waals surface area contributed by atoms with Gasteiger partial charge in [0.25, 0.3) is 23.5 Å². The molecule has 0 aromatic carbocycles. The van der Waals surface area contributed by atoms with Crippen LogP contribution in [0.1, 0.15) is 0 Å². The summed E-state index contributed by atoms with van der Waals surface area (Å²) >= 11 is 0. The topological polar surface area (TPSA) is 207 Å². The summed E-state index contributed by atoms with van der Waals surface area (Å²) in [6.07, 6.45) is -3.66. The molecule has 1 saturated heterocycles. The second-order valence-corrected chi connectivity index (χ2v) is 8.44. The zero-order chi connectivity index (χ0) is 18.1. The molecular weight excluding hydrogens is 407 g/mol. The quantitative estimate of drug-likeness (QED) is 0.278. The Bertz CT molecular complexity index is 554. The third-order valence-corrected chi connectivity index (χ3v) is 6.14. The van der Waals surface area contributed by atoms with Gasteiger partial charge < -0.3 is 38.7 Å². The SMILES string of the molecule is [B][C@@H]1O[C@H](COP(=O)([O-])OP(=O)([O-])OP(=O)([O-])O)C(O)[C@@H]1OC.[Na+]. The molecule has 1 fully saturated rings. The summed E-state index contributed by atoms with van der Waals surface area (Å²) in [5.41, 5.74) is 0. The van der Waals surface area contributed by atoms with Gasteiger partial charge in [-0.15, -0.1) is 0 Å². The number of hydrogen-bond donors (Lipinski definition) is 2. The van der Waals surface area contributed by atoms with E-state index in [0.29, 0.717) is 0 Å². The average molecular weight is 418 g/mol. The van der Waals surface area contributed by atoms with Gasteiger partial charge >= 0.3 is 29.6 Å². The van der Waals surface area contributed by atoms with Crippen LogP contribution in [0.25, 0.3) is 0 Å². The molecular formula is C6H11BNaO13P3-2. The predicted molar refractivity (Wildman–Crippen MR) is 64.4 cm³/mol. The minimum atomic E-state index is -5.97. The van der Waals surface area contributed by atoms with Crippen LogP contribution in [0, 0.1) is 0 Å². The Hall–Kier alpha value is 1.35. The fourth-order valence-electron chi connectivity index (χ4n) is 1.63. The Balaban J connectivity index is 0.00000529. The second-order valence-electron chi connectivity index (χ2n) is 4.15. The summed E-state index contributed by atoms with van der Waals surface area (Å²) in [7, 11) is -10.8. The van der Waals surface area contributed by atoms with Crippen molar-refractivity contribution in [3.05, 3.63) is 0 Å². The summed E-state index contributed by atoms with van der Waals surface area (Å²) in [5, 5.41) is 9.71. The standard InChI is InChI=1S/C6H14BO13P3.Na/c1-16-5-4(8)3(18-6(5)7)2-17-22(12,13)20-23(14,15)19-21(9,10)11;/h3-6,8H,2H2,1H3,(H,12,13)(H,14,15)(H2,9,10,11);/q;+1/p-3/t3-,4?,5+,6-;/m1./s1. The molecule has 2 N–H and O–H groups in total. The molecule has 0 amide bonds. The first-order valence-electron chi connectivity index (χ1n) is 5.61. The van der Waals surface area contributed by atoms with Crippen molar-refractivity contribution in [3.8, 4) is 0 Å². The molecule has 4 unspecified atom stereocenters. The van der Waals surface area contributed by atoms with Crippen molar-refractivity contribution in [1.82, 2.24) is 0 Å². The van der Waals surface area contributed by atoms with E-state index in [-0.39, 0.29) is 29.6 Å². The summed E-state index contributed by atoms with van der Waals surface area (Å²) < 4.78 is 52.8. The number of ether oxygens (including phenoxy) is 2. The number of hydrogen-bond acceptors (Lipinski definition) is 12. The van der Waals surface area contributed by atoms with Crippen LogP contribution in [-0.4, -0.2) is 55.9 Å². The largest absolute Gasteiger partial charge is 1.00 e. The third-order valence-electron chi connectivity index (χ3n) is 2.45. The molecule has 0 aliphatic carbocycles. The molecule has 1 aliphatic rings. The van der Waals surface area contributed by atoms with Gasteiger partial charge in [0, 0.05) is 13.1 Å². The van der Waals surface area contributed by atoms with E-state index < -0.39 is 54.4 Å². The van der Waals surface area contributed by atoms with Crippen molar-refractivity contribution in [3.63, 3.8) is 0 Å². The van der Waals surface area contributed by atoms with Crippen LogP contribution >= 0.6 is 23.5 Å². The molecule has 1 heterocycles. The molecule has 0 bridgehead atoms. The van der Waals surface area contributed by atoms with Gasteiger partial charge in [-0.25, -0.2) is 8.62 Å². The zero-order valence-electron chi connectivity index (χ0n) is 12.3. The van der Waals surface area contributed by atoms with Crippen molar-refractivity contribution < 1.29 is 90.6 Å². The number of phosphoric ester groups is 1. The Morgan fingerprint density at radius 3 is 2.12 bits per heavy atom. The molecule has 1 rings (SSSR count). The molecule has 13 nitrogen and oxygen atoms in total. The maximum atomic E-state index is 11.3. The summed E-state index contributed by atoms with van der Waals surface area (Å²) in [6.45, 7) is -0.913. The number of rotatable bonds is 8. The van der Waals surface area contributed by atoms with Crippen LogP contribution in [0.5, 0.6) is 0 Å². The molecule has 0 aromatic rings. The number of aliphatic hydroxyl groups is 1. The fraction of sp³-hybridized carbons (Fsp3) is 1.00. The van der Waals surface area contributed by atoms with Crippen LogP contribution in [0.4, 0.5) is 0 Å². The molecule has 1 aliphatic heterocycles. The normalized spacial score (nSPS) is 34.6. The van der Waals surface area contributed by atoms with Crippen molar-refractivity contribution in [2.75, 3.05) is 13.7 Å². The predicted octanol–water partition coefficient (Wildman–Crippen LogP) is -6.29. The molecule has 7 atom stereocenters. The van der Waals surface area contributed by atoms with Crippen LogP contribution in [0.15, 0.2) is 0 Å². The summed E-state index contributed by atoms with van der Waals surface area (Å²) in [6, 6.07) is -1.09. The van der Waals surface area contributed by atoms with E-state index in [1.807, 2.05) is 0 Å². The van der Waals surface area contributed by atoms with Gasteiger partial charge in [0.2, 0.25) is 0 Å². The molecule has 18 heteroatoms. The number of methoxy groups -OCH3 is 1. The molecule has 2 radical (unpaired) electrons. The molecule has 134 valence electrons. The van der Waals surface area contributed by atoms with Crippen molar-refractivity contribution >= 4 is 31.3 Å². The van der Waals surface area contributed by atoms with Gasteiger partial charge in [-0.2, -0.15) is 0 Å². The van der Waals surface area contributed by atoms with Gasteiger partial charge in [0.05, 0.1) is 6.61 Å². The van der Waals surface area contributed by atoms with Crippen molar-refractivity contribution in [2.45, 2.75) is 24.3 Å². The van der Waals surface area contributed by atoms with Gasteiger partial charge in [0.1, 0.15) is 26.2 Å². The van der Waals surface area contributed by atoms with Gasteiger partial charge in [-0.1, -0.05) is 0 Å². The van der Waals surface area contributed by atoms with E-state index in [4.69, 9.17) is 22.2 Å². The van der Waals surface area contributed by atoms with Gasteiger partial charge in [0.15, 0.2) is 0 Å². The minimum absolute atomic E-state index is 0. The van der Waals surface area contributed by atoms with E-state index in [2.05, 4.69) is 13.1 Å². The van der Waals surface area contributed by atoms with Crippen LogP contribution in [0.2, 0.25) is 0 Å². The van der Waals surface area contributed by atoms with E-state index in [0.717, 1.165) is 0 Å². The molecule has 0 spiro atoms. The first-order valence-corrected chi connectivity index (χ1v) is 10.0. The number of phosphoric acid groups is 3. The smallest absolute Gasteiger partial charge is 0.756 e. The monoisotopic (exact) mass is 418 g/mol. The third kappa shape index (κ3) is 8.36. The first kappa shape index (κ1) is 25.4. The number of aliphatic hydroxyl groups excluding tert-OH is 1. The summed E-state index contributed by atoms with van der Waals surface area (Å²) in [4.78, 5) is 40.7. The molecule has 0 saturated carbocycles. The van der Waals surface area contributed by atoms with Crippen molar-refractivity contribution in [1.29, 1.82) is 0 Å². The maximum Gasteiger partial charge on any atom is 1.00 e. The zero-order valence-corrected chi connectivity index (χ0v) is 17.0. The maximum absolute atomic E-state index is 11.3. The molecule has 24 heavy (non-hydrogen) atoms. The Morgan fingerprint density at radius 1 is 1.17 bits per heavy atom.